The van der Waals surface area contributed by atoms with Gasteiger partial charge in [0.2, 0.25) is 0 Å². The van der Waals surface area contributed by atoms with Gasteiger partial charge >= 0.3 is 24.4 Å². The monoisotopic (exact) mass is 856 g/mol. The Balaban J connectivity index is 0.000000186. The third kappa shape index (κ3) is 9.59. The number of anilines is 2. The normalized spacial score (nSPS) is 18.4. The van der Waals surface area contributed by atoms with Crippen LogP contribution in [0, 0.1) is 11.6 Å². The number of nitrogens with zero attached hydrogens (tertiary/aromatic N) is 2. The molecule has 6 nitrogen and oxygen atoms in total. The van der Waals surface area contributed by atoms with Crippen molar-refractivity contribution in [3.63, 3.8) is 0 Å². The highest BCUT2D eigenvalue weighted by molar-refractivity contribution is 5.91. The minimum absolute atomic E-state index is 0.206. The Morgan fingerprint density at radius 1 is 0.484 bits per heavy atom. The predicted molar refractivity (Wildman–Crippen MR) is 220 cm³/mol. The van der Waals surface area contributed by atoms with Crippen molar-refractivity contribution in [1.29, 1.82) is 0 Å². The first-order valence-electron chi connectivity index (χ1n) is 19.7. The number of benzene rings is 6. The van der Waals surface area contributed by atoms with E-state index in [0.717, 1.165) is 46.5 Å². The maximum absolute atomic E-state index is 13.2. The molecule has 0 fully saturated rings. The van der Waals surface area contributed by atoms with Crippen molar-refractivity contribution in [3.8, 4) is 0 Å². The molecule has 6 aromatic carbocycles. The zero-order valence-corrected chi connectivity index (χ0v) is 33.3. The number of amides is 4. The van der Waals surface area contributed by atoms with Gasteiger partial charge in [-0.1, -0.05) is 72.8 Å². The average molecular weight is 857 g/mol. The zero-order chi connectivity index (χ0) is 44.3. The smallest absolute Gasteiger partial charge is 0.310 e. The summed E-state index contributed by atoms with van der Waals surface area (Å²) in [6.45, 7) is 3.80. The number of urea groups is 2. The molecule has 62 heavy (non-hydrogen) atoms. The van der Waals surface area contributed by atoms with Gasteiger partial charge < -0.3 is 20.4 Å². The van der Waals surface area contributed by atoms with Gasteiger partial charge in [-0.25, -0.2) is 18.4 Å². The second-order valence-corrected chi connectivity index (χ2v) is 15.2. The molecule has 0 radical (unpaired) electrons. The molecule has 4 atom stereocenters. The molecule has 14 heteroatoms. The summed E-state index contributed by atoms with van der Waals surface area (Å²) >= 11 is 0. The Morgan fingerprint density at radius 3 is 1.13 bits per heavy atom. The molecule has 0 aliphatic carbocycles. The molecule has 2 aliphatic heterocycles. The van der Waals surface area contributed by atoms with Gasteiger partial charge in [0.1, 0.15) is 11.6 Å². The molecule has 6 aromatic rings. The van der Waals surface area contributed by atoms with Crippen molar-refractivity contribution >= 4 is 23.4 Å². The van der Waals surface area contributed by atoms with Gasteiger partial charge in [0.15, 0.2) is 0 Å². The summed E-state index contributed by atoms with van der Waals surface area (Å²) in [6, 6.07) is 33.6. The molecule has 0 unspecified atom stereocenters. The Kier molecular flexibility index (Phi) is 12.4. The van der Waals surface area contributed by atoms with Gasteiger partial charge in [0.25, 0.3) is 0 Å². The van der Waals surface area contributed by atoms with E-state index in [0.29, 0.717) is 35.3 Å². The minimum atomic E-state index is -4.43. The molecule has 2 aliphatic rings. The van der Waals surface area contributed by atoms with E-state index < -0.39 is 59.3 Å². The number of carbonyl (C=O) groups excluding carboxylic acids is 2. The number of carbonyl (C=O) groups is 2. The molecule has 0 saturated heterocycles. The van der Waals surface area contributed by atoms with Crippen molar-refractivity contribution in [3.05, 3.63) is 202 Å². The Bertz CT molecular complexity index is 2330. The molecule has 0 bridgehead atoms. The Labute approximate surface area is 352 Å². The fourth-order valence-corrected chi connectivity index (χ4v) is 8.08. The third-order valence-corrected chi connectivity index (χ3v) is 11.0. The Hall–Kier alpha value is -6.70. The van der Waals surface area contributed by atoms with Crippen LogP contribution in [-0.2, 0) is 25.2 Å². The van der Waals surface area contributed by atoms with Crippen LogP contribution in [0.4, 0.5) is 56.1 Å². The van der Waals surface area contributed by atoms with Gasteiger partial charge in [0.05, 0.1) is 23.2 Å². The molecule has 2 N–H and O–H groups in total. The van der Waals surface area contributed by atoms with Gasteiger partial charge in [-0.15, -0.1) is 0 Å². The van der Waals surface area contributed by atoms with Gasteiger partial charge in [0, 0.05) is 23.5 Å². The van der Waals surface area contributed by atoms with Crippen molar-refractivity contribution in [1.82, 2.24) is 9.80 Å². The SMILES string of the molecule is C[C@@H]1Cc2ccccc2[C@@H](c2ccc(C(F)(F)F)cc2)N1C(=O)Nc1ccc(F)cc1.C[C@H]1Cc2ccccc2[C@H](c2ccc(C(F)(F)F)cc2)N1C(=O)Nc1ccc(F)cc1. The number of fused-ring (bicyclic) bond motifs is 2. The van der Waals surface area contributed by atoms with E-state index >= 15 is 0 Å². The summed E-state index contributed by atoms with van der Waals surface area (Å²) in [6.07, 6.45) is -7.64. The molecular formula is C48H40F8N4O2. The van der Waals surface area contributed by atoms with Crippen LogP contribution < -0.4 is 10.6 Å². The Morgan fingerprint density at radius 2 is 0.806 bits per heavy atom. The van der Waals surface area contributed by atoms with Gasteiger partial charge in [-0.05, 0) is 133 Å². The quantitative estimate of drug-likeness (QED) is 0.174. The van der Waals surface area contributed by atoms with Gasteiger partial charge in [-0.2, -0.15) is 26.3 Å². The first-order chi connectivity index (χ1) is 29.5. The van der Waals surface area contributed by atoms with E-state index in [-0.39, 0.29) is 12.1 Å². The fourth-order valence-electron chi connectivity index (χ4n) is 8.08. The maximum atomic E-state index is 13.2. The molecular weight excluding hydrogens is 817 g/mol. The summed E-state index contributed by atoms with van der Waals surface area (Å²) in [7, 11) is 0. The van der Waals surface area contributed by atoms with E-state index in [1.807, 2.05) is 62.4 Å². The number of alkyl halides is 6. The standard InChI is InChI=1S/2C24H20F4N2O/c2*1-15-14-17-4-2-3-5-21(17)22(16-6-8-18(9-7-16)24(26,27)28)30(15)23(31)29-20-12-10-19(25)11-13-20/h2*2-13,15,22H,14H2,1H3,(H,29,31)/t2*15-,22-/m10/s1. The third-order valence-electron chi connectivity index (χ3n) is 11.0. The van der Waals surface area contributed by atoms with Crippen LogP contribution in [-0.4, -0.2) is 33.9 Å². The van der Waals surface area contributed by atoms with E-state index in [1.54, 1.807) is 9.80 Å². The summed E-state index contributed by atoms with van der Waals surface area (Å²) in [5, 5.41) is 5.55. The number of nitrogens with one attached hydrogen (secondary N) is 2. The molecule has 0 aromatic heterocycles. The largest absolute Gasteiger partial charge is 0.416 e. The summed E-state index contributed by atoms with van der Waals surface area (Å²) in [5.74, 6) is -0.832. The molecule has 0 saturated carbocycles. The highest BCUT2D eigenvalue weighted by atomic mass is 19.4. The van der Waals surface area contributed by atoms with E-state index in [9.17, 15) is 44.7 Å². The lowest BCUT2D eigenvalue weighted by Gasteiger charge is -2.42. The molecule has 4 amide bonds. The topological polar surface area (TPSA) is 64.7 Å². The van der Waals surface area contributed by atoms with Crippen molar-refractivity contribution < 1.29 is 44.7 Å². The number of hydrogen-bond acceptors (Lipinski definition) is 2. The van der Waals surface area contributed by atoms with Crippen LogP contribution in [0.1, 0.15) is 70.4 Å². The van der Waals surface area contributed by atoms with Crippen molar-refractivity contribution in [2.75, 3.05) is 10.6 Å². The molecule has 0 spiro atoms. The fraction of sp³-hybridized carbons (Fsp3) is 0.208. The first kappa shape index (κ1) is 43.4. The lowest BCUT2D eigenvalue weighted by Crippen LogP contribution is -2.48. The summed E-state index contributed by atoms with van der Waals surface area (Å²) < 4.78 is 105. The van der Waals surface area contributed by atoms with E-state index in [2.05, 4.69) is 10.6 Å². The zero-order valence-electron chi connectivity index (χ0n) is 33.3. The van der Waals surface area contributed by atoms with Crippen molar-refractivity contribution in [2.24, 2.45) is 0 Å². The van der Waals surface area contributed by atoms with Crippen molar-refractivity contribution in [2.45, 2.75) is 63.2 Å². The second kappa shape index (κ2) is 17.7. The summed E-state index contributed by atoms with van der Waals surface area (Å²) in [5.41, 5.74) is 4.39. The van der Waals surface area contributed by atoms with Crippen LogP contribution in [0.3, 0.4) is 0 Å². The second-order valence-electron chi connectivity index (χ2n) is 15.2. The molecule has 8 rings (SSSR count). The highest BCUT2D eigenvalue weighted by Crippen LogP contribution is 2.41. The maximum Gasteiger partial charge on any atom is 0.416 e. The number of hydrogen-bond donors (Lipinski definition) is 2. The van der Waals surface area contributed by atoms with Crippen LogP contribution in [0.25, 0.3) is 0 Å². The van der Waals surface area contributed by atoms with E-state index in [1.165, 1.54) is 72.8 Å². The summed E-state index contributed by atoms with van der Waals surface area (Å²) in [4.78, 5) is 29.7. The highest BCUT2D eigenvalue weighted by Gasteiger charge is 2.39. The number of halogens is 8. The lowest BCUT2D eigenvalue weighted by molar-refractivity contribution is -0.138. The molecule has 320 valence electrons. The van der Waals surface area contributed by atoms with Crippen LogP contribution >= 0.6 is 0 Å². The van der Waals surface area contributed by atoms with E-state index in [4.69, 9.17) is 0 Å². The first-order valence-corrected chi connectivity index (χ1v) is 19.7. The van der Waals surface area contributed by atoms with Crippen LogP contribution in [0.2, 0.25) is 0 Å². The molecule has 2 heterocycles. The predicted octanol–water partition coefficient (Wildman–Crippen LogP) is 12.8. The average Bonchev–Trinajstić information content (AvgIpc) is 3.24. The number of rotatable bonds is 4. The lowest BCUT2D eigenvalue weighted by atomic mass is 9.85. The minimum Gasteiger partial charge on any atom is -0.310 e. The van der Waals surface area contributed by atoms with Crippen LogP contribution in [0.15, 0.2) is 146 Å². The van der Waals surface area contributed by atoms with Gasteiger partial charge in [-0.3, -0.25) is 0 Å². The van der Waals surface area contributed by atoms with Crippen LogP contribution in [0.5, 0.6) is 0 Å².